The number of non-ortho nitro benzene ring substituents is 1. The first-order valence-corrected chi connectivity index (χ1v) is 14.3. The summed E-state index contributed by atoms with van der Waals surface area (Å²) in [5.41, 5.74) is 3.40. The van der Waals surface area contributed by atoms with E-state index in [-0.39, 0.29) is 11.6 Å². The van der Waals surface area contributed by atoms with Gasteiger partial charge in [0, 0.05) is 38.7 Å². The quantitative estimate of drug-likeness (QED) is 0.105. The molecule has 2 amide bonds. The molecule has 5 aromatic rings. The second-order valence-electron chi connectivity index (χ2n) is 8.97. The number of anilines is 2. The zero-order valence-corrected chi connectivity index (χ0v) is 23.4. The SMILES string of the molecule is Cc1sc(NC(=O)C(Sc2cccc(NC(=O)c3ccc([N+](=O)[O-])cc3)c2)c2ccccc2)nc1-c1ccccc1. The number of benzene rings is 4. The molecule has 1 unspecified atom stereocenters. The third-order valence-corrected chi connectivity index (χ3v) is 8.23. The Morgan fingerprint density at radius 1 is 0.878 bits per heavy atom. The summed E-state index contributed by atoms with van der Waals surface area (Å²) in [6, 6.07) is 31.9. The average molecular weight is 581 g/mol. The molecule has 1 atom stereocenters. The number of amides is 2. The summed E-state index contributed by atoms with van der Waals surface area (Å²) in [6.45, 7) is 1.98. The van der Waals surface area contributed by atoms with Gasteiger partial charge in [-0.15, -0.1) is 23.1 Å². The number of hydrogen-bond acceptors (Lipinski definition) is 7. The van der Waals surface area contributed by atoms with Crippen molar-refractivity contribution in [3.63, 3.8) is 0 Å². The number of nitro benzene ring substituents is 1. The van der Waals surface area contributed by atoms with Gasteiger partial charge in [0.25, 0.3) is 11.6 Å². The maximum atomic E-state index is 13.6. The number of thioether (sulfide) groups is 1. The number of nitrogens with zero attached hydrogens (tertiary/aromatic N) is 2. The summed E-state index contributed by atoms with van der Waals surface area (Å²) < 4.78 is 0. The molecule has 0 spiro atoms. The second kappa shape index (κ2) is 12.6. The first kappa shape index (κ1) is 27.8. The molecule has 0 aliphatic rings. The third-order valence-electron chi connectivity index (χ3n) is 6.10. The van der Waals surface area contributed by atoms with Gasteiger partial charge in [0.2, 0.25) is 5.91 Å². The van der Waals surface area contributed by atoms with Crippen molar-refractivity contribution in [1.82, 2.24) is 4.98 Å². The second-order valence-corrected chi connectivity index (χ2v) is 11.4. The number of thiazole rings is 1. The van der Waals surface area contributed by atoms with E-state index >= 15 is 0 Å². The number of carbonyl (C=O) groups is 2. The number of nitrogens with one attached hydrogen (secondary N) is 2. The van der Waals surface area contributed by atoms with Gasteiger partial charge < -0.3 is 10.6 Å². The van der Waals surface area contributed by atoms with Crippen LogP contribution in [-0.4, -0.2) is 21.7 Å². The fraction of sp³-hybridized carbons (Fsp3) is 0.0645. The molecule has 1 heterocycles. The Hall–Kier alpha value is -4.80. The lowest BCUT2D eigenvalue weighted by Crippen LogP contribution is -2.19. The molecule has 0 aliphatic heterocycles. The minimum atomic E-state index is -0.582. The van der Waals surface area contributed by atoms with Crippen molar-refractivity contribution in [1.29, 1.82) is 0 Å². The lowest BCUT2D eigenvalue weighted by Gasteiger charge is -2.17. The molecule has 5 rings (SSSR count). The van der Waals surface area contributed by atoms with E-state index in [1.54, 1.807) is 18.2 Å². The monoisotopic (exact) mass is 580 g/mol. The van der Waals surface area contributed by atoms with Crippen LogP contribution in [0.1, 0.15) is 26.0 Å². The van der Waals surface area contributed by atoms with Crippen LogP contribution in [0.2, 0.25) is 0 Å². The van der Waals surface area contributed by atoms with Crippen molar-refractivity contribution < 1.29 is 14.5 Å². The van der Waals surface area contributed by atoms with Crippen LogP contribution in [0.15, 0.2) is 114 Å². The van der Waals surface area contributed by atoms with Gasteiger partial charge in [-0.1, -0.05) is 66.7 Å². The number of nitro groups is 1. The number of aryl methyl sites for hydroxylation is 1. The molecule has 2 N–H and O–H groups in total. The van der Waals surface area contributed by atoms with Crippen LogP contribution in [0.4, 0.5) is 16.5 Å². The Morgan fingerprint density at radius 2 is 1.56 bits per heavy atom. The normalized spacial score (nSPS) is 11.4. The highest BCUT2D eigenvalue weighted by molar-refractivity contribution is 8.00. The highest BCUT2D eigenvalue weighted by atomic mass is 32.2. The summed E-state index contributed by atoms with van der Waals surface area (Å²) in [4.78, 5) is 43.2. The Balaban J connectivity index is 1.34. The van der Waals surface area contributed by atoms with Crippen molar-refractivity contribution in [2.24, 2.45) is 0 Å². The van der Waals surface area contributed by atoms with Crippen molar-refractivity contribution in [2.75, 3.05) is 10.6 Å². The summed E-state index contributed by atoms with van der Waals surface area (Å²) in [5, 5.41) is 16.7. The maximum Gasteiger partial charge on any atom is 0.269 e. The van der Waals surface area contributed by atoms with E-state index < -0.39 is 16.1 Å². The molecule has 204 valence electrons. The fourth-order valence-corrected chi connectivity index (χ4v) is 6.03. The molecule has 10 heteroatoms. The van der Waals surface area contributed by atoms with Gasteiger partial charge in [-0.2, -0.15) is 0 Å². The predicted octanol–water partition coefficient (Wildman–Crippen LogP) is 7.75. The van der Waals surface area contributed by atoms with Crippen LogP contribution < -0.4 is 10.6 Å². The molecule has 4 aromatic carbocycles. The van der Waals surface area contributed by atoms with Gasteiger partial charge in [-0.3, -0.25) is 19.7 Å². The number of rotatable bonds is 9. The molecule has 8 nitrogen and oxygen atoms in total. The van der Waals surface area contributed by atoms with Crippen LogP contribution in [0.25, 0.3) is 11.3 Å². The van der Waals surface area contributed by atoms with Crippen LogP contribution in [0, 0.1) is 17.0 Å². The van der Waals surface area contributed by atoms with E-state index in [2.05, 4.69) is 15.6 Å². The molecule has 0 saturated carbocycles. The number of carbonyl (C=O) groups excluding carboxylic acids is 2. The Labute approximate surface area is 244 Å². The minimum Gasteiger partial charge on any atom is -0.322 e. The Morgan fingerprint density at radius 3 is 2.24 bits per heavy atom. The summed E-state index contributed by atoms with van der Waals surface area (Å²) in [7, 11) is 0. The lowest BCUT2D eigenvalue weighted by molar-refractivity contribution is -0.384. The van der Waals surface area contributed by atoms with Gasteiger partial charge in [0.1, 0.15) is 5.25 Å². The summed E-state index contributed by atoms with van der Waals surface area (Å²) in [6.07, 6.45) is 0. The first-order chi connectivity index (χ1) is 19.9. The molecule has 0 aliphatic carbocycles. The molecule has 0 fully saturated rings. The lowest BCUT2D eigenvalue weighted by atomic mass is 10.1. The largest absolute Gasteiger partial charge is 0.322 e. The van der Waals surface area contributed by atoms with Gasteiger partial charge in [0.15, 0.2) is 5.13 Å². The number of hydrogen-bond donors (Lipinski definition) is 2. The van der Waals surface area contributed by atoms with Gasteiger partial charge in [-0.05, 0) is 42.8 Å². The highest BCUT2D eigenvalue weighted by Gasteiger charge is 2.24. The predicted molar refractivity (Wildman–Crippen MR) is 163 cm³/mol. The van der Waals surface area contributed by atoms with E-state index in [0.717, 1.165) is 26.6 Å². The van der Waals surface area contributed by atoms with Gasteiger partial charge in [0.05, 0.1) is 10.6 Å². The van der Waals surface area contributed by atoms with Crippen molar-refractivity contribution in [3.05, 3.63) is 135 Å². The fourth-order valence-electron chi connectivity index (χ4n) is 4.11. The first-order valence-electron chi connectivity index (χ1n) is 12.6. The standard InChI is InChI=1S/C31H24N4O4S2/c1-20-27(21-9-4-2-5-10-21)33-31(40-20)34-30(37)28(22-11-6-3-7-12-22)41-26-14-8-13-24(19-26)32-29(36)23-15-17-25(18-16-23)35(38)39/h2-19,28H,1H3,(H,32,36)(H,33,34,37). The Kier molecular flexibility index (Phi) is 8.52. The molecular weight excluding hydrogens is 556 g/mol. The highest BCUT2D eigenvalue weighted by Crippen LogP contribution is 2.38. The van der Waals surface area contributed by atoms with Crippen molar-refractivity contribution in [3.8, 4) is 11.3 Å². The van der Waals surface area contributed by atoms with Gasteiger partial charge in [-0.25, -0.2) is 4.98 Å². The van der Waals surface area contributed by atoms with Crippen LogP contribution in [0.3, 0.4) is 0 Å². The topological polar surface area (TPSA) is 114 Å². The molecule has 0 radical (unpaired) electrons. The van der Waals surface area contributed by atoms with E-state index in [1.165, 1.54) is 47.4 Å². The van der Waals surface area contributed by atoms with Crippen LogP contribution in [-0.2, 0) is 4.79 Å². The Bertz CT molecular complexity index is 1690. The van der Waals surface area contributed by atoms with E-state index in [1.807, 2.05) is 73.7 Å². The van der Waals surface area contributed by atoms with Crippen molar-refractivity contribution in [2.45, 2.75) is 17.1 Å². The van der Waals surface area contributed by atoms with E-state index in [0.29, 0.717) is 16.4 Å². The maximum absolute atomic E-state index is 13.6. The minimum absolute atomic E-state index is 0.0885. The summed E-state index contributed by atoms with van der Waals surface area (Å²) >= 11 is 2.79. The smallest absolute Gasteiger partial charge is 0.269 e. The molecule has 0 bridgehead atoms. The average Bonchev–Trinajstić information content (AvgIpc) is 3.36. The van der Waals surface area contributed by atoms with Crippen LogP contribution in [0.5, 0.6) is 0 Å². The molecular formula is C31H24N4O4S2. The van der Waals surface area contributed by atoms with E-state index in [9.17, 15) is 19.7 Å². The zero-order valence-electron chi connectivity index (χ0n) is 21.8. The third kappa shape index (κ3) is 6.86. The van der Waals surface area contributed by atoms with Crippen molar-refractivity contribution >= 4 is 51.4 Å². The van der Waals surface area contributed by atoms with Crippen LogP contribution >= 0.6 is 23.1 Å². The molecule has 41 heavy (non-hydrogen) atoms. The number of aromatic nitrogens is 1. The van der Waals surface area contributed by atoms with E-state index in [4.69, 9.17) is 0 Å². The summed E-state index contributed by atoms with van der Waals surface area (Å²) in [5.74, 6) is -0.609. The zero-order chi connectivity index (χ0) is 28.8. The molecule has 1 aromatic heterocycles. The molecule has 0 saturated heterocycles. The van der Waals surface area contributed by atoms with Gasteiger partial charge >= 0.3 is 0 Å².